The van der Waals surface area contributed by atoms with E-state index in [0.717, 1.165) is 16.5 Å². The highest BCUT2D eigenvalue weighted by Gasteiger charge is 2.14. The van der Waals surface area contributed by atoms with Gasteiger partial charge < -0.3 is 9.47 Å². The van der Waals surface area contributed by atoms with Gasteiger partial charge in [-0.15, -0.1) is 0 Å². The zero-order valence-electron chi connectivity index (χ0n) is 14.4. The number of hydrogen-bond acceptors (Lipinski definition) is 6. The summed E-state index contributed by atoms with van der Waals surface area (Å²) in [6.07, 6.45) is 2.83. The fraction of sp³-hybridized carbons (Fsp3) is 0.294. The lowest BCUT2D eigenvalue weighted by molar-refractivity contribution is 0.290. The molecule has 1 aromatic carbocycles. The van der Waals surface area contributed by atoms with Crippen LogP contribution in [0.3, 0.4) is 0 Å². The summed E-state index contributed by atoms with van der Waals surface area (Å²) in [5.41, 5.74) is 2.04. The largest absolute Gasteiger partial charge is 0.476 e. The first-order chi connectivity index (χ1) is 11.9. The van der Waals surface area contributed by atoms with Crippen LogP contribution in [0.2, 0.25) is 0 Å². The second-order valence-corrected chi connectivity index (χ2v) is 6.66. The Kier molecular flexibility index (Phi) is 6.35. The van der Waals surface area contributed by atoms with E-state index in [1.807, 2.05) is 31.2 Å². The molecule has 0 atom stereocenters. The molecule has 0 aliphatic heterocycles. The first-order valence-corrected chi connectivity index (χ1v) is 9.38. The van der Waals surface area contributed by atoms with Crippen molar-refractivity contribution in [3.63, 3.8) is 0 Å². The first-order valence-electron chi connectivity index (χ1n) is 7.83. The molecule has 0 unspecified atom stereocenters. The van der Waals surface area contributed by atoms with Gasteiger partial charge in [-0.25, -0.2) is 13.4 Å². The van der Waals surface area contributed by atoms with Gasteiger partial charge in [-0.2, -0.15) is 4.98 Å². The minimum Gasteiger partial charge on any atom is -0.476 e. The molecular formula is C17H21N3O4S. The van der Waals surface area contributed by atoms with Gasteiger partial charge in [0.25, 0.3) is 10.0 Å². The SMILES string of the molecule is CCOc1ncc(NS(=O)(=O)/C=C/c2ccc(C)cc2)c(OCC)n1. The van der Waals surface area contributed by atoms with Crippen molar-refractivity contribution in [1.82, 2.24) is 9.97 Å². The molecule has 0 aliphatic carbocycles. The number of benzene rings is 1. The maximum absolute atomic E-state index is 12.3. The van der Waals surface area contributed by atoms with Gasteiger partial charge in [0.1, 0.15) is 5.69 Å². The van der Waals surface area contributed by atoms with Crippen LogP contribution in [0.5, 0.6) is 11.9 Å². The van der Waals surface area contributed by atoms with E-state index in [2.05, 4.69) is 14.7 Å². The van der Waals surface area contributed by atoms with Crippen LogP contribution in [0.15, 0.2) is 35.9 Å². The van der Waals surface area contributed by atoms with Crippen molar-refractivity contribution < 1.29 is 17.9 Å². The van der Waals surface area contributed by atoms with Crippen molar-refractivity contribution in [2.75, 3.05) is 17.9 Å². The van der Waals surface area contributed by atoms with Crippen molar-refractivity contribution in [2.45, 2.75) is 20.8 Å². The lowest BCUT2D eigenvalue weighted by Gasteiger charge is -2.11. The normalized spacial score (nSPS) is 11.5. The summed E-state index contributed by atoms with van der Waals surface area (Å²) in [6, 6.07) is 7.63. The van der Waals surface area contributed by atoms with E-state index in [1.165, 1.54) is 12.3 Å². The fourth-order valence-corrected chi connectivity index (χ4v) is 2.75. The van der Waals surface area contributed by atoms with Gasteiger partial charge in [-0.3, -0.25) is 4.72 Å². The number of nitrogens with one attached hydrogen (secondary N) is 1. The Balaban J connectivity index is 2.19. The van der Waals surface area contributed by atoms with Crippen LogP contribution in [0.1, 0.15) is 25.0 Å². The van der Waals surface area contributed by atoms with Gasteiger partial charge in [-0.1, -0.05) is 29.8 Å². The molecule has 25 heavy (non-hydrogen) atoms. The number of anilines is 1. The summed E-state index contributed by atoms with van der Waals surface area (Å²) in [5, 5.41) is 1.09. The third-order valence-corrected chi connectivity index (χ3v) is 4.05. The predicted octanol–water partition coefficient (Wildman–Crippen LogP) is 3.00. The Labute approximate surface area is 147 Å². The van der Waals surface area contributed by atoms with Crippen LogP contribution in [0.4, 0.5) is 5.69 Å². The third kappa shape index (κ3) is 5.75. The maximum atomic E-state index is 12.3. The van der Waals surface area contributed by atoms with Gasteiger partial charge in [0.2, 0.25) is 5.88 Å². The minimum atomic E-state index is -3.74. The second kappa shape index (κ2) is 8.48. The standard InChI is InChI=1S/C17H21N3O4S/c1-4-23-16-15(12-18-17(19-16)24-5-2)20-25(21,22)11-10-14-8-6-13(3)7-9-14/h6-12,20H,4-5H2,1-3H3/b11-10+. The summed E-state index contributed by atoms with van der Waals surface area (Å²) in [4.78, 5) is 8.02. The average molecular weight is 363 g/mol. The lowest BCUT2D eigenvalue weighted by Crippen LogP contribution is -2.12. The van der Waals surface area contributed by atoms with E-state index in [9.17, 15) is 8.42 Å². The zero-order chi connectivity index (χ0) is 18.3. The number of hydrogen-bond donors (Lipinski definition) is 1. The molecule has 2 aromatic rings. The van der Waals surface area contributed by atoms with Crippen molar-refractivity contribution in [3.05, 3.63) is 47.0 Å². The summed E-state index contributed by atoms with van der Waals surface area (Å²) < 4.78 is 37.5. The molecule has 0 amide bonds. The third-order valence-electron chi connectivity index (χ3n) is 3.06. The van der Waals surface area contributed by atoms with E-state index in [4.69, 9.17) is 9.47 Å². The molecule has 1 aromatic heterocycles. The molecule has 1 heterocycles. The molecule has 2 rings (SSSR count). The van der Waals surface area contributed by atoms with Crippen molar-refractivity contribution in [2.24, 2.45) is 0 Å². The number of sulfonamides is 1. The first kappa shape index (κ1) is 18.7. The Morgan fingerprint density at radius 1 is 1.12 bits per heavy atom. The summed E-state index contributed by atoms with van der Waals surface area (Å²) >= 11 is 0. The molecule has 7 nitrogen and oxygen atoms in total. The van der Waals surface area contributed by atoms with E-state index >= 15 is 0 Å². The van der Waals surface area contributed by atoms with E-state index in [-0.39, 0.29) is 17.6 Å². The number of ether oxygens (including phenoxy) is 2. The van der Waals surface area contributed by atoms with E-state index in [1.54, 1.807) is 13.8 Å². The molecule has 0 spiro atoms. The van der Waals surface area contributed by atoms with Crippen LogP contribution in [0.25, 0.3) is 6.08 Å². The second-order valence-electron chi connectivity index (χ2n) is 5.10. The lowest BCUT2D eigenvalue weighted by atomic mass is 10.2. The molecule has 1 N–H and O–H groups in total. The molecule has 0 aliphatic rings. The van der Waals surface area contributed by atoms with Gasteiger partial charge >= 0.3 is 6.01 Å². The topological polar surface area (TPSA) is 90.4 Å². The number of rotatable bonds is 8. The minimum absolute atomic E-state index is 0.119. The summed E-state index contributed by atoms with van der Waals surface area (Å²) in [5.74, 6) is 0.119. The predicted molar refractivity (Wildman–Crippen MR) is 97.1 cm³/mol. The highest BCUT2D eigenvalue weighted by Crippen LogP contribution is 2.24. The molecule has 0 saturated carbocycles. The molecule has 134 valence electrons. The number of nitrogens with zero attached hydrogens (tertiary/aromatic N) is 2. The Bertz CT molecular complexity index is 833. The maximum Gasteiger partial charge on any atom is 0.319 e. The summed E-state index contributed by atoms with van der Waals surface area (Å²) in [7, 11) is -3.74. The molecule has 0 bridgehead atoms. The van der Waals surface area contributed by atoms with Crippen molar-refractivity contribution >= 4 is 21.8 Å². The van der Waals surface area contributed by atoms with E-state index < -0.39 is 10.0 Å². The van der Waals surface area contributed by atoms with Crippen molar-refractivity contribution in [3.8, 4) is 11.9 Å². The number of aromatic nitrogens is 2. The van der Waals surface area contributed by atoms with Gasteiger partial charge in [0, 0.05) is 0 Å². The van der Waals surface area contributed by atoms with Crippen LogP contribution in [-0.2, 0) is 10.0 Å². The molecule has 8 heteroatoms. The van der Waals surface area contributed by atoms with Gasteiger partial charge in [0.15, 0.2) is 0 Å². The van der Waals surface area contributed by atoms with E-state index in [0.29, 0.717) is 13.2 Å². The molecule has 0 radical (unpaired) electrons. The highest BCUT2D eigenvalue weighted by molar-refractivity contribution is 7.95. The molecule has 0 saturated heterocycles. The highest BCUT2D eigenvalue weighted by atomic mass is 32.2. The van der Waals surface area contributed by atoms with Gasteiger partial charge in [-0.05, 0) is 32.4 Å². The molecular weight excluding hydrogens is 342 g/mol. The van der Waals surface area contributed by atoms with Crippen LogP contribution in [0, 0.1) is 6.92 Å². The van der Waals surface area contributed by atoms with Crippen LogP contribution < -0.4 is 14.2 Å². The van der Waals surface area contributed by atoms with Crippen molar-refractivity contribution in [1.29, 1.82) is 0 Å². The Morgan fingerprint density at radius 2 is 1.80 bits per heavy atom. The Hall–Kier alpha value is -2.61. The Morgan fingerprint density at radius 3 is 2.44 bits per heavy atom. The zero-order valence-corrected chi connectivity index (χ0v) is 15.2. The average Bonchev–Trinajstić information content (AvgIpc) is 2.57. The quantitative estimate of drug-likeness (QED) is 0.775. The fourth-order valence-electron chi connectivity index (χ4n) is 1.90. The van der Waals surface area contributed by atoms with Gasteiger partial charge in [0.05, 0.1) is 24.8 Å². The smallest absolute Gasteiger partial charge is 0.319 e. The monoisotopic (exact) mass is 363 g/mol. The molecule has 0 fully saturated rings. The van der Waals surface area contributed by atoms with Crippen LogP contribution in [-0.4, -0.2) is 31.6 Å². The van der Waals surface area contributed by atoms with Crippen LogP contribution >= 0.6 is 0 Å². The number of aryl methyl sites for hydroxylation is 1. The summed E-state index contributed by atoms with van der Waals surface area (Å²) in [6.45, 7) is 6.27.